The van der Waals surface area contributed by atoms with Crippen molar-refractivity contribution in [3.05, 3.63) is 50.6 Å². The highest BCUT2D eigenvalue weighted by Gasteiger charge is 2.19. The molecule has 0 amide bonds. The van der Waals surface area contributed by atoms with E-state index in [-0.39, 0.29) is 9.92 Å². The molecule has 8 heteroatoms. The summed E-state index contributed by atoms with van der Waals surface area (Å²) in [6, 6.07) is 6.53. The molecule has 0 aliphatic rings. The third-order valence-electron chi connectivity index (χ3n) is 2.20. The van der Waals surface area contributed by atoms with Gasteiger partial charge in [0.05, 0.1) is 10.7 Å². The fourth-order valence-corrected chi connectivity index (χ4v) is 4.12. The summed E-state index contributed by atoms with van der Waals surface area (Å²) >= 11 is 12.4. The maximum Gasteiger partial charge on any atom is 0.264 e. The van der Waals surface area contributed by atoms with Crippen molar-refractivity contribution in [3.8, 4) is 0 Å². The summed E-state index contributed by atoms with van der Waals surface area (Å²) in [6.07, 6.45) is 2.63. The van der Waals surface area contributed by atoms with Crippen LogP contribution in [0.2, 0.25) is 5.02 Å². The van der Waals surface area contributed by atoms with E-state index in [1.165, 1.54) is 18.5 Å². The van der Waals surface area contributed by atoms with Gasteiger partial charge >= 0.3 is 0 Å². The quantitative estimate of drug-likeness (QED) is 0.805. The molecule has 0 atom stereocenters. The van der Waals surface area contributed by atoms with Crippen LogP contribution in [0.15, 0.2) is 50.5 Å². The minimum atomic E-state index is -3.77. The molecule has 1 aromatic carbocycles. The molecular weight excluding hydrogens is 419 g/mol. The zero-order valence-electron chi connectivity index (χ0n) is 9.27. The first-order valence-corrected chi connectivity index (χ1v) is 8.42. The summed E-state index contributed by atoms with van der Waals surface area (Å²) in [4.78, 5) is 3.70. The van der Waals surface area contributed by atoms with Gasteiger partial charge in [0.2, 0.25) is 0 Å². The molecule has 0 bridgehead atoms. The number of hydrogen-bond donors (Lipinski definition) is 1. The second-order valence-electron chi connectivity index (χ2n) is 3.54. The van der Waals surface area contributed by atoms with Crippen molar-refractivity contribution in [2.24, 2.45) is 0 Å². The molecule has 2 aromatic rings. The molecule has 4 nitrogen and oxygen atoms in total. The van der Waals surface area contributed by atoms with Crippen LogP contribution in [0.1, 0.15) is 0 Å². The lowest BCUT2D eigenvalue weighted by molar-refractivity contribution is 0.601. The molecule has 1 heterocycles. The van der Waals surface area contributed by atoms with Gasteiger partial charge in [0.25, 0.3) is 10.0 Å². The second-order valence-corrected chi connectivity index (χ2v) is 7.36. The average Bonchev–Trinajstić information content (AvgIpc) is 2.33. The van der Waals surface area contributed by atoms with Gasteiger partial charge in [-0.05, 0) is 40.2 Å². The van der Waals surface area contributed by atoms with Crippen LogP contribution in [-0.2, 0) is 10.0 Å². The first-order chi connectivity index (χ1) is 8.90. The van der Waals surface area contributed by atoms with Crippen LogP contribution < -0.4 is 4.72 Å². The number of benzene rings is 1. The van der Waals surface area contributed by atoms with E-state index in [1.807, 2.05) is 0 Å². The molecule has 1 N–H and O–H groups in total. The molecular formula is C11H7Br2ClN2O2S. The number of nitrogens with zero attached hydrogens (tertiary/aromatic N) is 1. The lowest BCUT2D eigenvalue weighted by Crippen LogP contribution is -2.14. The van der Waals surface area contributed by atoms with E-state index in [1.54, 1.807) is 18.2 Å². The number of halogens is 3. The Morgan fingerprint density at radius 2 is 1.95 bits per heavy atom. The molecule has 0 fully saturated rings. The summed E-state index contributed by atoms with van der Waals surface area (Å²) in [6.45, 7) is 0. The van der Waals surface area contributed by atoms with E-state index in [2.05, 4.69) is 41.6 Å². The van der Waals surface area contributed by atoms with E-state index in [4.69, 9.17) is 11.6 Å². The van der Waals surface area contributed by atoms with Gasteiger partial charge < -0.3 is 0 Å². The zero-order chi connectivity index (χ0) is 14.0. The van der Waals surface area contributed by atoms with Crippen LogP contribution in [0.4, 0.5) is 5.69 Å². The summed E-state index contributed by atoms with van der Waals surface area (Å²) in [5.41, 5.74) is 0.420. The van der Waals surface area contributed by atoms with Crippen LogP contribution in [0.3, 0.4) is 0 Å². The maximum absolute atomic E-state index is 12.2. The van der Waals surface area contributed by atoms with E-state index >= 15 is 0 Å². The van der Waals surface area contributed by atoms with Crippen LogP contribution >= 0.6 is 43.5 Å². The van der Waals surface area contributed by atoms with Gasteiger partial charge in [0.1, 0.15) is 4.90 Å². The first-order valence-electron chi connectivity index (χ1n) is 4.97. The molecule has 0 spiro atoms. The van der Waals surface area contributed by atoms with Gasteiger partial charge in [-0.2, -0.15) is 0 Å². The molecule has 19 heavy (non-hydrogen) atoms. The van der Waals surface area contributed by atoms with Crippen LogP contribution in [0, 0.1) is 0 Å². The Morgan fingerprint density at radius 3 is 2.58 bits per heavy atom. The van der Waals surface area contributed by atoms with Gasteiger partial charge in [-0.25, -0.2) is 8.42 Å². The number of aromatic nitrogens is 1. The van der Waals surface area contributed by atoms with Crippen LogP contribution in [0.5, 0.6) is 0 Å². The van der Waals surface area contributed by atoms with E-state index in [9.17, 15) is 8.42 Å². The lowest BCUT2D eigenvalue weighted by atomic mass is 10.3. The Labute approximate surface area is 132 Å². The van der Waals surface area contributed by atoms with Crippen molar-refractivity contribution in [3.63, 3.8) is 0 Å². The number of pyridine rings is 1. The van der Waals surface area contributed by atoms with Crippen molar-refractivity contribution >= 4 is 59.2 Å². The van der Waals surface area contributed by atoms with Gasteiger partial charge in [0, 0.05) is 21.3 Å². The molecule has 0 radical (unpaired) electrons. The maximum atomic E-state index is 12.2. The zero-order valence-corrected chi connectivity index (χ0v) is 14.0. The van der Waals surface area contributed by atoms with Crippen LogP contribution in [-0.4, -0.2) is 13.4 Å². The Bertz CT molecular complexity index is 722. The third kappa shape index (κ3) is 3.47. The molecule has 0 aliphatic carbocycles. The van der Waals surface area contributed by atoms with E-state index < -0.39 is 10.0 Å². The number of sulfonamides is 1. The minimum Gasteiger partial charge on any atom is -0.278 e. The highest BCUT2D eigenvalue weighted by Crippen LogP contribution is 2.29. The molecule has 2 rings (SSSR count). The Balaban J connectivity index is 2.40. The lowest BCUT2D eigenvalue weighted by Gasteiger charge is -2.10. The highest BCUT2D eigenvalue weighted by atomic mass is 79.9. The predicted octanol–water partition coefficient (Wildman–Crippen LogP) is 4.06. The highest BCUT2D eigenvalue weighted by molar-refractivity contribution is 9.11. The number of hydrogen-bond acceptors (Lipinski definition) is 3. The van der Waals surface area contributed by atoms with Crippen molar-refractivity contribution in [1.29, 1.82) is 0 Å². The topological polar surface area (TPSA) is 59.1 Å². The molecule has 0 unspecified atom stereocenters. The fourth-order valence-electron chi connectivity index (χ4n) is 1.33. The minimum absolute atomic E-state index is 0.0634. The largest absolute Gasteiger partial charge is 0.278 e. The second kappa shape index (κ2) is 5.78. The van der Waals surface area contributed by atoms with Gasteiger partial charge in [-0.3, -0.25) is 9.71 Å². The number of nitrogens with one attached hydrogen (secondary N) is 1. The Hall–Kier alpha value is -0.630. The Morgan fingerprint density at radius 1 is 1.21 bits per heavy atom. The summed E-state index contributed by atoms with van der Waals surface area (Å²) in [5, 5.41) is 0.121. The summed E-state index contributed by atoms with van der Waals surface area (Å²) < 4.78 is 28.3. The number of rotatable bonds is 3. The van der Waals surface area contributed by atoms with Crippen molar-refractivity contribution < 1.29 is 8.42 Å². The molecule has 0 saturated carbocycles. The fraction of sp³-hybridized carbons (Fsp3) is 0. The van der Waals surface area contributed by atoms with E-state index in [0.717, 1.165) is 4.47 Å². The molecule has 1 aromatic heterocycles. The first kappa shape index (κ1) is 14.8. The summed E-state index contributed by atoms with van der Waals surface area (Å²) in [7, 11) is -3.77. The van der Waals surface area contributed by atoms with Crippen molar-refractivity contribution in [1.82, 2.24) is 4.98 Å². The molecule has 0 aliphatic heterocycles. The Kier molecular flexibility index (Phi) is 4.50. The number of anilines is 1. The molecule has 0 saturated heterocycles. The molecule has 100 valence electrons. The SMILES string of the molecule is O=S(=O)(Nc1ccc(Br)cc1Br)c1cnccc1Cl. The van der Waals surface area contributed by atoms with E-state index in [0.29, 0.717) is 10.2 Å². The van der Waals surface area contributed by atoms with Gasteiger partial charge in [-0.15, -0.1) is 0 Å². The monoisotopic (exact) mass is 424 g/mol. The van der Waals surface area contributed by atoms with Crippen LogP contribution in [0.25, 0.3) is 0 Å². The normalized spacial score (nSPS) is 11.3. The standard InChI is InChI=1S/C11H7Br2ClN2O2S/c12-7-1-2-10(8(13)5-7)16-19(17,18)11-6-15-4-3-9(11)14/h1-6,16H. The van der Waals surface area contributed by atoms with Gasteiger partial charge in [-0.1, -0.05) is 27.5 Å². The van der Waals surface area contributed by atoms with Crippen molar-refractivity contribution in [2.75, 3.05) is 4.72 Å². The van der Waals surface area contributed by atoms with Crippen molar-refractivity contribution in [2.45, 2.75) is 4.90 Å². The smallest absolute Gasteiger partial charge is 0.264 e. The van der Waals surface area contributed by atoms with Gasteiger partial charge in [0.15, 0.2) is 0 Å². The predicted molar refractivity (Wildman–Crippen MR) is 81.9 cm³/mol. The average molecular weight is 427 g/mol. The third-order valence-corrected chi connectivity index (χ3v) is 5.18. The summed E-state index contributed by atoms with van der Waals surface area (Å²) in [5.74, 6) is 0.